The molecule has 0 saturated heterocycles. The van der Waals surface area contributed by atoms with Gasteiger partial charge in [-0.1, -0.05) is 18.2 Å². The third-order valence-corrected chi connectivity index (χ3v) is 2.56. The molecule has 0 amide bonds. The lowest BCUT2D eigenvalue weighted by molar-refractivity contribution is -0.137. The van der Waals surface area contributed by atoms with Crippen LogP contribution in [0.25, 0.3) is 0 Å². The Morgan fingerprint density at radius 2 is 2.11 bits per heavy atom. The van der Waals surface area contributed by atoms with Crippen LogP contribution < -0.4 is 5.43 Å². The molecule has 2 N–H and O–H groups in total. The van der Waals surface area contributed by atoms with Crippen LogP contribution in [0.5, 0.6) is 0 Å². The Hall–Kier alpha value is -2.18. The Labute approximate surface area is 107 Å². The number of rotatable bonds is 3. The average Bonchev–Trinajstić information content (AvgIpc) is 2.36. The summed E-state index contributed by atoms with van der Waals surface area (Å²) in [5, 5.41) is 10.7. The topological polar surface area (TPSA) is 47.9 Å². The summed E-state index contributed by atoms with van der Waals surface area (Å²) in [6.45, 7) is 0.392. The van der Waals surface area contributed by atoms with Crippen molar-refractivity contribution in [1.82, 2.24) is 10.4 Å². The molecule has 102 valence electrons. The maximum atomic E-state index is 12.5. The van der Waals surface area contributed by atoms with Crippen molar-refractivity contribution in [3.05, 3.63) is 47.5 Å². The number of benzene rings is 1. The largest absolute Gasteiger partial charge is 0.493 e. The van der Waals surface area contributed by atoms with Gasteiger partial charge in [0.25, 0.3) is 0 Å². The van der Waals surface area contributed by atoms with Gasteiger partial charge in [-0.2, -0.15) is 13.2 Å². The van der Waals surface area contributed by atoms with Crippen LogP contribution in [0.2, 0.25) is 0 Å². The molecule has 1 aromatic carbocycles. The second-order valence-corrected chi connectivity index (χ2v) is 4.03. The molecule has 0 unspecified atom stereocenters. The maximum absolute atomic E-state index is 12.5. The van der Waals surface area contributed by atoms with E-state index in [-0.39, 0.29) is 5.88 Å². The van der Waals surface area contributed by atoms with Crippen molar-refractivity contribution in [2.24, 2.45) is 4.99 Å². The summed E-state index contributed by atoms with van der Waals surface area (Å²) < 4.78 is 37.6. The third-order valence-electron chi connectivity index (χ3n) is 2.56. The van der Waals surface area contributed by atoms with Crippen molar-refractivity contribution in [2.45, 2.75) is 12.6 Å². The Balaban J connectivity index is 1.97. The summed E-state index contributed by atoms with van der Waals surface area (Å²) in [5.74, 6) is -0.105. The Bertz CT molecular complexity index is 511. The fourth-order valence-corrected chi connectivity index (χ4v) is 1.66. The molecular weight excluding hydrogens is 259 g/mol. The molecule has 0 saturated carbocycles. The maximum Gasteiger partial charge on any atom is 0.416 e. The highest BCUT2D eigenvalue weighted by molar-refractivity contribution is 5.56. The van der Waals surface area contributed by atoms with Crippen LogP contribution in [0, 0.1) is 0 Å². The fourth-order valence-electron chi connectivity index (χ4n) is 1.66. The molecule has 0 spiro atoms. The van der Waals surface area contributed by atoms with Gasteiger partial charge in [-0.05, 0) is 18.1 Å². The van der Waals surface area contributed by atoms with E-state index in [0.717, 1.165) is 12.1 Å². The van der Waals surface area contributed by atoms with Crippen LogP contribution in [-0.2, 0) is 12.6 Å². The van der Waals surface area contributed by atoms with Gasteiger partial charge in [0.1, 0.15) is 6.34 Å². The number of aliphatic imine (C=N–C) groups is 1. The number of nitrogens with one attached hydrogen (secondary N) is 1. The summed E-state index contributed by atoms with van der Waals surface area (Å²) in [4.78, 5) is 3.76. The molecule has 0 bridgehead atoms. The van der Waals surface area contributed by atoms with Crippen molar-refractivity contribution in [3.8, 4) is 0 Å². The van der Waals surface area contributed by atoms with Gasteiger partial charge in [0.15, 0.2) is 0 Å². The number of hydrogen-bond acceptors (Lipinski definition) is 4. The summed E-state index contributed by atoms with van der Waals surface area (Å²) in [7, 11) is 0. The van der Waals surface area contributed by atoms with Crippen molar-refractivity contribution < 1.29 is 18.3 Å². The highest BCUT2D eigenvalue weighted by Gasteiger charge is 2.30. The molecule has 4 nitrogen and oxygen atoms in total. The minimum atomic E-state index is -4.33. The highest BCUT2D eigenvalue weighted by atomic mass is 19.4. The number of halogens is 3. The van der Waals surface area contributed by atoms with E-state index in [1.807, 2.05) is 0 Å². The molecule has 7 heteroatoms. The highest BCUT2D eigenvalue weighted by Crippen LogP contribution is 2.29. The molecule has 0 aliphatic carbocycles. The van der Waals surface area contributed by atoms with Crippen LogP contribution in [0.15, 0.2) is 41.3 Å². The SMILES string of the molecule is OC1=CN=CN(CCc2cccc(C(F)(F)F)c2)N1. The molecule has 2 rings (SSSR count). The molecule has 0 aromatic heterocycles. The summed E-state index contributed by atoms with van der Waals surface area (Å²) >= 11 is 0. The minimum absolute atomic E-state index is 0.105. The minimum Gasteiger partial charge on any atom is -0.493 e. The molecule has 1 aliphatic rings. The van der Waals surface area contributed by atoms with E-state index in [9.17, 15) is 18.3 Å². The van der Waals surface area contributed by atoms with Crippen molar-refractivity contribution >= 4 is 6.34 Å². The Morgan fingerprint density at radius 1 is 1.32 bits per heavy atom. The van der Waals surface area contributed by atoms with Crippen molar-refractivity contribution in [3.63, 3.8) is 0 Å². The van der Waals surface area contributed by atoms with Crippen molar-refractivity contribution in [2.75, 3.05) is 6.54 Å². The first-order valence-electron chi connectivity index (χ1n) is 5.57. The van der Waals surface area contributed by atoms with Gasteiger partial charge in [0.05, 0.1) is 11.8 Å². The standard InChI is InChI=1S/C12H12F3N3O/c13-12(14,15)10-3-1-2-9(6-10)4-5-18-8-16-7-11(19)17-18/h1-3,6-8,17,19H,4-5H2. The number of aliphatic hydroxyl groups is 1. The third kappa shape index (κ3) is 3.64. The van der Waals surface area contributed by atoms with E-state index in [1.54, 1.807) is 6.07 Å². The van der Waals surface area contributed by atoms with Crippen LogP contribution in [0.4, 0.5) is 13.2 Å². The van der Waals surface area contributed by atoms with Crippen LogP contribution in [-0.4, -0.2) is 23.0 Å². The molecule has 0 atom stereocenters. The molecule has 19 heavy (non-hydrogen) atoms. The lowest BCUT2D eigenvalue weighted by Gasteiger charge is -2.22. The zero-order chi connectivity index (χ0) is 13.9. The first-order valence-corrected chi connectivity index (χ1v) is 5.57. The van der Waals surface area contributed by atoms with Crippen molar-refractivity contribution in [1.29, 1.82) is 0 Å². The van der Waals surface area contributed by atoms with E-state index >= 15 is 0 Å². The van der Waals surface area contributed by atoms with Gasteiger partial charge >= 0.3 is 6.18 Å². The van der Waals surface area contributed by atoms with Crippen LogP contribution >= 0.6 is 0 Å². The van der Waals surface area contributed by atoms with Crippen LogP contribution in [0.3, 0.4) is 0 Å². The predicted molar refractivity (Wildman–Crippen MR) is 64.2 cm³/mol. The molecule has 1 heterocycles. The molecule has 0 fully saturated rings. The summed E-state index contributed by atoms with van der Waals surface area (Å²) in [6, 6.07) is 5.18. The normalized spacial score (nSPS) is 15.1. The molecular formula is C12H12F3N3O. The van der Waals surface area contributed by atoms with Gasteiger partial charge in [-0.15, -0.1) is 0 Å². The first kappa shape index (κ1) is 13.3. The summed E-state index contributed by atoms with van der Waals surface area (Å²) in [5.41, 5.74) is 2.52. The summed E-state index contributed by atoms with van der Waals surface area (Å²) in [6.07, 6.45) is -1.24. The first-order chi connectivity index (χ1) is 8.95. The van der Waals surface area contributed by atoms with E-state index in [0.29, 0.717) is 18.5 Å². The van der Waals surface area contributed by atoms with Crippen LogP contribution in [0.1, 0.15) is 11.1 Å². The number of hydrogen-bond donors (Lipinski definition) is 2. The van der Waals surface area contributed by atoms with Gasteiger partial charge in [-0.3, -0.25) is 10.4 Å². The van der Waals surface area contributed by atoms with Gasteiger partial charge in [0, 0.05) is 6.54 Å². The lowest BCUT2D eigenvalue weighted by atomic mass is 10.1. The van der Waals surface area contributed by atoms with Gasteiger partial charge < -0.3 is 5.11 Å². The number of alkyl halides is 3. The molecule has 1 aliphatic heterocycles. The van der Waals surface area contributed by atoms with E-state index in [4.69, 9.17) is 0 Å². The zero-order valence-electron chi connectivity index (χ0n) is 9.85. The predicted octanol–water partition coefficient (Wildman–Crippen LogP) is 2.45. The average molecular weight is 271 g/mol. The monoisotopic (exact) mass is 271 g/mol. The second kappa shape index (κ2) is 5.21. The fraction of sp³-hybridized carbons (Fsp3) is 0.250. The quantitative estimate of drug-likeness (QED) is 0.887. The molecule has 1 aromatic rings. The number of aliphatic hydroxyl groups excluding tert-OH is 1. The lowest BCUT2D eigenvalue weighted by Crippen LogP contribution is -2.39. The Kier molecular flexibility index (Phi) is 3.64. The van der Waals surface area contributed by atoms with Gasteiger partial charge in [-0.25, -0.2) is 4.99 Å². The van der Waals surface area contributed by atoms with Gasteiger partial charge in [0.2, 0.25) is 5.88 Å². The molecule has 0 radical (unpaired) electrons. The van der Waals surface area contributed by atoms with E-state index in [2.05, 4.69) is 10.4 Å². The number of hydrazine groups is 1. The smallest absolute Gasteiger partial charge is 0.416 e. The second-order valence-electron chi connectivity index (χ2n) is 4.03. The van der Waals surface area contributed by atoms with E-state index < -0.39 is 11.7 Å². The van der Waals surface area contributed by atoms with E-state index in [1.165, 1.54) is 23.6 Å². The zero-order valence-corrected chi connectivity index (χ0v) is 9.85. The number of nitrogens with zero attached hydrogens (tertiary/aromatic N) is 2. The Morgan fingerprint density at radius 3 is 2.79 bits per heavy atom.